The van der Waals surface area contributed by atoms with Gasteiger partial charge in [-0.3, -0.25) is 0 Å². The fraction of sp³-hybridized carbons (Fsp3) is 0. The second-order valence-corrected chi connectivity index (χ2v) is 4.31. The van der Waals surface area contributed by atoms with Crippen LogP contribution in [-0.2, 0) is 0 Å². The van der Waals surface area contributed by atoms with Gasteiger partial charge in [-0.25, -0.2) is 0 Å². The predicted octanol–water partition coefficient (Wildman–Crippen LogP) is 3.05. The molecule has 0 amide bonds. The molecule has 1 aromatic carbocycles. The highest BCUT2D eigenvalue weighted by atomic mass is 32.1. The number of benzene rings is 1. The topological polar surface area (TPSA) is 26.0 Å². The summed E-state index contributed by atoms with van der Waals surface area (Å²) in [5.74, 6) is 0. The molecule has 0 unspecified atom stereocenters. The third-order valence-corrected chi connectivity index (χ3v) is 3.13. The minimum atomic E-state index is 0.447. The number of thiophene rings is 1. The van der Waals surface area contributed by atoms with Crippen LogP contribution in [0.5, 0.6) is 0 Å². The second-order valence-electron chi connectivity index (χ2n) is 2.92. The minimum Gasteiger partial charge on any atom is -0.389 e. The van der Waals surface area contributed by atoms with E-state index in [1.54, 1.807) is 11.3 Å². The molecule has 0 bridgehead atoms. The molecule has 1 aromatic heterocycles. The van der Waals surface area contributed by atoms with E-state index in [9.17, 15) is 0 Å². The van der Waals surface area contributed by atoms with Crippen LogP contribution in [0.15, 0.2) is 41.8 Å². The molecule has 0 spiro atoms. The Kier molecular flexibility index (Phi) is 2.61. The van der Waals surface area contributed by atoms with Crippen LogP contribution in [0, 0.1) is 0 Å². The van der Waals surface area contributed by atoms with Crippen LogP contribution in [0.2, 0.25) is 0 Å². The molecule has 0 aliphatic heterocycles. The van der Waals surface area contributed by atoms with Gasteiger partial charge < -0.3 is 5.73 Å². The number of thiocarbonyl (C=S) groups is 1. The average Bonchev–Trinajstić information content (AvgIpc) is 2.71. The van der Waals surface area contributed by atoms with Gasteiger partial charge in [-0.1, -0.05) is 42.5 Å². The normalized spacial score (nSPS) is 10.0. The van der Waals surface area contributed by atoms with Crippen molar-refractivity contribution in [2.75, 3.05) is 0 Å². The first-order valence-electron chi connectivity index (χ1n) is 4.21. The molecule has 1 nitrogen and oxygen atoms in total. The van der Waals surface area contributed by atoms with Crippen LogP contribution in [0.4, 0.5) is 0 Å². The Morgan fingerprint density at radius 2 is 1.86 bits per heavy atom. The summed E-state index contributed by atoms with van der Waals surface area (Å²) < 4.78 is 0. The fourth-order valence-corrected chi connectivity index (χ4v) is 2.11. The van der Waals surface area contributed by atoms with E-state index in [0.717, 1.165) is 5.56 Å². The SMILES string of the molecule is NC(=S)c1ccc(-c2cccs2)cc1. The third kappa shape index (κ3) is 1.84. The highest BCUT2D eigenvalue weighted by Gasteiger charge is 1.99. The quantitative estimate of drug-likeness (QED) is 0.786. The van der Waals surface area contributed by atoms with Crippen molar-refractivity contribution in [3.63, 3.8) is 0 Å². The van der Waals surface area contributed by atoms with Crippen molar-refractivity contribution in [2.24, 2.45) is 5.73 Å². The molecule has 0 aliphatic carbocycles. The van der Waals surface area contributed by atoms with Crippen molar-refractivity contribution in [1.29, 1.82) is 0 Å². The van der Waals surface area contributed by atoms with Gasteiger partial charge in [0.1, 0.15) is 4.99 Å². The summed E-state index contributed by atoms with van der Waals surface area (Å²) in [6.45, 7) is 0. The van der Waals surface area contributed by atoms with Gasteiger partial charge in [0.05, 0.1) is 0 Å². The smallest absolute Gasteiger partial charge is 0.103 e. The van der Waals surface area contributed by atoms with Gasteiger partial charge in [0.2, 0.25) is 0 Å². The number of nitrogens with two attached hydrogens (primary N) is 1. The monoisotopic (exact) mass is 219 g/mol. The number of rotatable bonds is 2. The van der Waals surface area contributed by atoms with E-state index in [0.29, 0.717) is 4.99 Å². The van der Waals surface area contributed by atoms with Crippen molar-refractivity contribution in [1.82, 2.24) is 0 Å². The highest BCUT2D eigenvalue weighted by Crippen LogP contribution is 2.24. The Hall–Kier alpha value is -1.19. The van der Waals surface area contributed by atoms with Crippen LogP contribution in [0.1, 0.15) is 5.56 Å². The largest absolute Gasteiger partial charge is 0.389 e. The van der Waals surface area contributed by atoms with Gasteiger partial charge in [-0.15, -0.1) is 11.3 Å². The summed E-state index contributed by atoms with van der Waals surface area (Å²) >= 11 is 6.61. The zero-order valence-electron chi connectivity index (χ0n) is 7.44. The predicted molar refractivity (Wildman–Crippen MR) is 65.6 cm³/mol. The Balaban J connectivity index is 2.36. The van der Waals surface area contributed by atoms with Gasteiger partial charge >= 0.3 is 0 Å². The molecule has 1 heterocycles. The number of hydrogen-bond acceptors (Lipinski definition) is 2. The summed E-state index contributed by atoms with van der Waals surface area (Å²) in [6.07, 6.45) is 0. The first-order valence-corrected chi connectivity index (χ1v) is 5.50. The van der Waals surface area contributed by atoms with E-state index in [4.69, 9.17) is 18.0 Å². The molecule has 0 saturated carbocycles. The van der Waals surface area contributed by atoms with E-state index < -0.39 is 0 Å². The summed E-state index contributed by atoms with van der Waals surface area (Å²) in [4.78, 5) is 1.71. The lowest BCUT2D eigenvalue weighted by Crippen LogP contribution is -2.08. The standard InChI is InChI=1S/C11H9NS2/c12-11(13)9-5-3-8(4-6-9)10-2-1-7-14-10/h1-7H,(H2,12,13). The molecule has 0 saturated heterocycles. The zero-order chi connectivity index (χ0) is 9.97. The van der Waals surface area contributed by atoms with Crippen molar-refractivity contribution >= 4 is 28.5 Å². The van der Waals surface area contributed by atoms with E-state index in [2.05, 4.69) is 11.4 Å². The lowest BCUT2D eigenvalue weighted by atomic mass is 10.1. The van der Waals surface area contributed by atoms with Gasteiger partial charge in [0.25, 0.3) is 0 Å². The van der Waals surface area contributed by atoms with Gasteiger partial charge in [0, 0.05) is 10.4 Å². The lowest BCUT2D eigenvalue weighted by molar-refractivity contribution is 1.62. The Morgan fingerprint density at radius 1 is 1.14 bits per heavy atom. The zero-order valence-corrected chi connectivity index (χ0v) is 9.07. The fourth-order valence-electron chi connectivity index (χ4n) is 1.24. The molecular formula is C11H9NS2. The molecule has 70 valence electrons. The third-order valence-electron chi connectivity index (χ3n) is 1.98. The van der Waals surface area contributed by atoms with Crippen LogP contribution in [0.3, 0.4) is 0 Å². The Labute approximate surface area is 92.2 Å². The van der Waals surface area contributed by atoms with Gasteiger partial charge in [-0.2, -0.15) is 0 Å². The van der Waals surface area contributed by atoms with Crippen molar-refractivity contribution in [2.45, 2.75) is 0 Å². The molecule has 0 radical (unpaired) electrons. The van der Waals surface area contributed by atoms with E-state index >= 15 is 0 Å². The number of hydrogen-bond donors (Lipinski definition) is 1. The summed E-state index contributed by atoms with van der Waals surface area (Å²) in [6, 6.07) is 12.1. The van der Waals surface area contributed by atoms with Crippen molar-refractivity contribution in [3.05, 3.63) is 47.3 Å². The first-order chi connectivity index (χ1) is 6.77. The molecule has 2 aromatic rings. The average molecular weight is 219 g/mol. The summed E-state index contributed by atoms with van der Waals surface area (Å²) in [5.41, 5.74) is 7.64. The molecule has 0 aliphatic rings. The van der Waals surface area contributed by atoms with E-state index in [-0.39, 0.29) is 0 Å². The van der Waals surface area contributed by atoms with Gasteiger partial charge in [-0.05, 0) is 17.0 Å². The molecule has 0 atom stereocenters. The molecule has 2 rings (SSSR count). The van der Waals surface area contributed by atoms with Crippen molar-refractivity contribution < 1.29 is 0 Å². The minimum absolute atomic E-state index is 0.447. The Bertz CT molecular complexity index is 429. The molecule has 0 fully saturated rings. The summed E-state index contributed by atoms with van der Waals surface area (Å²) in [5, 5.41) is 2.07. The van der Waals surface area contributed by atoms with Crippen LogP contribution in [0.25, 0.3) is 10.4 Å². The summed E-state index contributed by atoms with van der Waals surface area (Å²) in [7, 11) is 0. The molecule has 2 N–H and O–H groups in total. The van der Waals surface area contributed by atoms with Gasteiger partial charge in [0.15, 0.2) is 0 Å². The van der Waals surface area contributed by atoms with Crippen LogP contribution >= 0.6 is 23.6 Å². The highest BCUT2D eigenvalue weighted by molar-refractivity contribution is 7.80. The lowest BCUT2D eigenvalue weighted by Gasteiger charge is -2.00. The van der Waals surface area contributed by atoms with E-state index in [1.807, 2.05) is 30.3 Å². The maximum absolute atomic E-state index is 5.52. The van der Waals surface area contributed by atoms with E-state index in [1.165, 1.54) is 10.4 Å². The molecule has 14 heavy (non-hydrogen) atoms. The Morgan fingerprint density at radius 3 is 2.36 bits per heavy atom. The second kappa shape index (κ2) is 3.90. The molecule has 3 heteroatoms. The first kappa shape index (κ1) is 9.37. The molecular weight excluding hydrogens is 210 g/mol. The van der Waals surface area contributed by atoms with Crippen LogP contribution < -0.4 is 5.73 Å². The van der Waals surface area contributed by atoms with Crippen LogP contribution in [-0.4, -0.2) is 4.99 Å². The maximum atomic E-state index is 5.52. The van der Waals surface area contributed by atoms with Crippen molar-refractivity contribution in [3.8, 4) is 10.4 Å². The maximum Gasteiger partial charge on any atom is 0.103 e.